The van der Waals surface area contributed by atoms with Crippen molar-refractivity contribution in [3.8, 4) is 12.3 Å². The molecule has 0 aromatic heterocycles. The van der Waals surface area contributed by atoms with Crippen molar-refractivity contribution in [3.05, 3.63) is 33.4 Å². The summed E-state index contributed by atoms with van der Waals surface area (Å²) >= 11 is 0. The van der Waals surface area contributed by atoms with Crippen LogP contribution in [-0.4, -0.2) is 22.8 Å². The molecule has 3 rings (SSSR count). The minimum Gasteiger partial charge on any atom is -0.119 e. The highest BCUT2D eigenvalue weighted by molar-refractivity contribution is 6.99. The predicted molar refractivity (Wildman–Crippen MR) is 118 cm³/mol. The molecule has 0 saturated carbocycles. The van der Waals surface area contributed by atoms with Crippen LogP contribution in [0.15, 0.2) is 0 Å². The number of benzene rings is 2. The van der Waals surface area contributed by atoms with Gasteiger partial charge >= 0.3 is 0 Å². The zero-order valence-corrected chi connectivity index (χ0v) is 17.1. The molecular formula is C23H26B3. The molecule has 0 N–H and O–H groups in total. The standard InChI is InChI=1S/C23H26B3/c1-9-17-13(5)12(4)15(7)19-21(17)23(26-25)20-16(8)11(3)10(2)14(6)18(20)22(19)24/h1,12-13,15,17H,2-8H3. The molecule has 5 radical (unpaired) electrons. The van der Waals surface area contributed by atoms with Crippen LogP contribution in [0.2, 0.25) is 0 Å². The van der Waals surface area contributed by atoms with Crippen LogP contribution < -0.4 is 10.9 Å². The van der Waals surface area contributed by atoms with Crippen molar-refractivity contribution in [2.45, 2.75) is 60.3 Å². The second kappa shape index (κ2) is 6.56. The van der Waals surface area contributed by atoms with E-state index in [2.05, 4.69) is 54.4 Å². The quantitative estimate of drug-likeness (QED) is 0.554. The molecule has 3 heteroatoms. The third kappa shape index (κ3) is 2.34. The van der Waals surface area contributed by atoms with E-state index < -0.39 is 0 Å². The first-order chi connectivity index (χ1) is 12.2. The van der Waals surface area contributed by atoms with Crippen molar-refractivity contribution in [3.63, 3.8) is 0 Å². The molecule has 0 heterocycles. The van der Waals surface area contributed by atoms with Gasteiger partial charge in [-0.3, -0.25) is 0 Å². The smallest absolute Gasteiger partial charge is 0.115 e. The summed E-state index contributed by atoms with van der Waals surface area (Å²) in [5, 5.41) is 2.34. The van der Waals surface area contributed by atoms with Crippen LogP contribution in [0.25, 0.3) is 10.8 Å². The van der Waals surface area contributed by atoms with Crippen LogP contribution in [0.4, 0.5) is 0 Å². The van der Waals surface area contributed by atoms with E-state index in [1.54, 1.807) is 7.17 Å². The van der Waals surface area contributed by atoms with Gasteiger partial charge in [0.1, 0.15) is 7.85 Å². The van der Waals surface area contributed by atoms with Crippen LogP contribution >= 0.6 is 0 Å². The number of terminal acetylenes is 1. The number of fused-ring (bicyclic) bond motifs is 2. The monoisotopic (exact) mass is 335 g/mol. The first kappa shape index (κ1) is 19.2. The number of hydrogen-bond acceptors (Lipinski definition) is 0. The van der Waals surface area contributed by atoms with Gasteiger partial charge in [0.15, 0.2) is 0 Å². The van der Waals surface area contributed by atoms with E-state index in [1.165, 1.54) is 38.8 Å². The van der Waals surface area contributed by atoms with Gasteiger partial charge in [-0.05, 0) is 89.6 Å². The van der Waals surface area contributed by atoms with E-state index in [1.807, 2.05) is 0 Å². The topological polar surface area (TPSA) is 0 Å². The summed E-state index contributed by atoms with van der Waals surface area (Å²) in [6.45, 7) is 15.5. The molecule has 1 aliphatic rings. The molecule has 2 aromatic carbocycles. The van der Waals surface area contributed by atoms with Gasteiger partial charge in [-0.15, -0.1) is 6.42 Å². The fraction of sp³-hybridized carbons (Fsp3) is 0.478. The lowest BCUT2D eigenvalue weighted by Gasteiger charge is -2.42. The maximum atomic E-state index is 6.84. The van der Waals surface area contributed by atoms with Gasteiger partial charge in [-0.2, -0.15) is 0 Å². The lowest BCUT2D eigenvalue weighted by Crippen LogP contribution is -2.40. The van der Waals surface area contributed by atoms with Crippen molar-refractivity contribution >= 4 is 44.5 Å². The Labute approximate surface area is 162 Å². The Kier molecular flexibility index (Phi) is 4.85. The normalized spacial score (nSPS) is 25.0. The van der Waals surface area contributed by atoms with Gasteiger partial charge in [-0.25, -0.2) is 0 Å². The summed E-state index contributed by atoms with van der Waals surface area (Å²) in [6.07, 6.45) is 6.01. The Morgan fingerprint density at radius 1 is 0.846 bits per heavy atom. The molecule has 1 aliphatic carbocycles. The van der Waals surface area contributed by atoms with Crippen LogP contribution in [0.5, 0.6) is 0 Å². The molecule has 4 atom stereocenters. The Bertz CT molecular complexity index is 949. The van der Waals surface area contributed by atoms with E-state index in [0.717, 1.165) is 16.3 Å². The van der Waals surface area contributed by atoms with Crippen LogP contribution in [0, 0.1) is 51.9 Å². The van der Waals surface area contributed by atoms with Crippen LogP contribution in [0.3, 0.4) is 0 Å². The van der Waals surface area contributed by atoms with Gasteiger partial charge < -0.3 is 0 Å². The average Bonchev–Trinajstić information content (AvgIpc) is 2.62. The molecule has 0 spiro atoms. The highest BCUT2D eigenvalue weighted by atomic mass is 14.4. The third-order valence-corrected chi connectivity index (χ3v) is 7.35. The Morgan fingerprint density at radius 2 is 1.38 bits per heavy atom. The summed E-state index contributed by atoms with van der Waals surface area (Å²) in [5.41, 5.74) is 9.50. The maximum Gasteiger partial charge on any atom is 0.115 e. The van der Waals surface area contributed by atoms with Gasteiger partial charge in [0.2, 0.25) is 0 Å². The Balaban J connectivity index is 2.63. The molecule has 0 nitrogen and oxygen atoms in total. The van der Waals surface area contributed by atoms with Gasteiger partial charge in [-0.1, -0.05) is 37.6 Å². The largest absolute Gasteiger partial charge is 0.119 e. The summed E-state index contributed by atoms with van der Waals surface area (Å²) in [7, 11) is 14.8. The Hall–Kier alpha value is -1.55. The zero-order valence-electron chi connectivity index (χ0n) is 17.1. The third-order valence-electron chi connectivity index (χ3n) is 7.35. The first-order valence-electron chi connectivity index (χ1n) is 9.55. The van der Waals surface area contributed by atoms with Crippen molar-refractivity contribution in [1.82, 2.24) is 0 Å². The minimum atomic E-state index is 0.0408. The lowest BCUT2D eigenvalue weighted by molar-refractivity contribution is 0.296. The molecule has 127 valence electrons. The SMILES string of the molecule is [B][B]c1c2c(c([B])c3c(C)c(C)c(C)c(C)c13)C(C)C(C)C(C)C2C#C. The molecule has 4 unspecified atom stereocenters. The minimum absolute atomic E-state index is 0.0408. The first-order valence-corrected chi connectivity index (χ1v) is 9.55. The fourth-order valence-electron chi connectivity index (χ4n) is 5.06. The second-order valence-electron chi connectivity index (χ2n) is 8.22. The van der Waals surface area contributed by atoms with Crippen molar-refractivity contribution in [2.24, 2.45) is 11.8 Å². The molecule has 0 bridgehead atoms. The Morgan fingerprint density at radius 3 is 1.88 bits per heavy atom. The molecule has 0 fully saturated rings. The van der Waals surface area contributed by atoms with Gasteiger partial charge in [0.05, 0.1) is 7.17 Å². The van der Waals surface area contributed by atoms with Crippen LogP contribution in [0.1, 0.15) is 66.0 Å². The molecular weight excluding hydrogens is 309 g/mol. The van der Waals surface area contributed by atoms with Crippen molar-refractivity contribution in [1.29, 1.82) is 0 Å². The molecule has 0 saturated heterocycles. The second-order valence-corrected chi connectivity index (χ2v) is 8.22. The van der Waals surface area contributed by atoms with E-state index >= 15 is 0 Å². The lowest BCUT2D eigenvalue weighted by atomic mass is 9.45. The van der Waals surface area contributed by atoms with E-state index in [4.69, 9.17) is 22.0 Å². The van der Waals surface area contributed by atoms with E-state index in [9.17, 15) is 0 Å². The highest BCUT2D eigenvalue weighted by Crippen LogP contribution is 2.46. The predicted octanol–water partition coefficient (Wildman–Crippen LogP) is 3.39. The van der Waals surface area contributed by atoms with Crippen LogP contribution in [-0.2, 0) is 0 Å². The summed E-state index contributed by atoms with van der Waals surface area (Å²) in [6, 6.07) is 0. The summed E-state index contributed by atoms with van der Waals surface area (Å²) in [4.78, 5) is 0. The van der Waals surface area contributed by atoms with Gasteiger partial charge in [0, 0.05) is 13.7 Å². The molecule has 26 heavy (non-hydrogen) atoms. The van der Waals surface area contributed by atoms with Crippen molar-refractivity contribution < 1.29 is 0 Å². The summed E-state index contributed by atoms with van der Waals surface area (Å²) < 4.78 is 0. The zero-order chi connectivity index (χ0) is 19.5. The van der Waals surface area contributed by atoms with E-state index in [-0.39, 0.29) is 5.92 Å². The van der Waals surface area contributed by atoms with Crippen molar-refractivity contribution in [2.75, 3.05) is 0 Å². The summed E-state index contributed by atoms with van der Waals surface area (Å²) in [5.74, 6) is 4.32. The average molecular weight is 335 g/mol. The van der Waals surface area contributed by atoms with E-state index in [0.29, 0.717) is 17.8 Å². The molecule has 0 aliphatic heterocycles. The molecule has 0 amide bonds. The molecule has 2 aromatic rings. The van der Waals surface area contributed by atoms with Gasteiger partial charge in [0.25, 0.3) is 0 Å². The maximum absolute atomic E-state index is 6.84. The number of rotatable bonds is 1. The number of hydrogen-bond donors (Lipinski definition) is 0. The fourth-order valence-corrected chi connectivity index (χ4v) is 5.06. The highest BCUT2D eigenvalue weighted by Gasteiger charge is 2.38. The number of aryl methyl sites for hydroxylation is 2.